The van der Waals surface area contributed by atoms with Gasteiger partial charge in [0.05, 0.1) is 6.42 Å². The second kappa shape index (κ2) is 4.97. The molecular formula is C16H22N2O. The van der Waals surface area contributed by atoms with Gasteiger partial charge in [0.1, 0.15) is 0 Å². The largest absolute Gasteiger partial charge is 0.342 e. The zero-order valence-electron chi connectivity index (χ0n) is 11.5. The molecule has 0 spiro atoms. The first-order chi connectivity index (χ1) is 9.15. The van der Waals surface area contributed by atoms with Gasteiger partial charge in [-0.15, -0.1) is 0 Å². The van der Waals surface area contributed by atoms with E-state index in [-0.39, 0.29) is 5.91 Å². The molecule has 3 unspecified atom stereocenters. The number of fused-ring (bicyclic) bond motifs is 1. The first kappa shape index (κ1) is 12.7. The van der Waals surface area contributed by atoms with Crippen LogP contribution in [0.1, 0.15) is 24.0 Å². The van der Waals surface area contributed by atoms with Crippen LogP contribution in [0.4, 0.5) is 0 Å². The van der Waals surface area contributed by atoms with E-state index in [1.165, 1.54) is 12.0 Å². The molecule has 3 atom stereocenters. The molecule has 3 rings (SSSR count). The van der Waals surface area contributed by atoms with Crippen molar-refractivity contribution in [2.24, 2.45) is 17.6 Å². The van der Waals surface area contributed by atoms with E-state index in [0.29, 0.717) is 24.3 Å². The summed E-state index contributed by atoms with van der Waals surface area (Å²) in [6.07, 6.45) is 2.86. The number of likely N-dealkylation sites (tertiary alicyclic amines) is 1. The smallest absolute Gasteiger partial charge is 0.227 e. The van der Waals surface area contributed by atoms with Crippen LogP contribution in [0.25, 0.3) is 0 Å². The standard InChI is InChI=1S/C16H22N2O/c1-11-4-2-3-5-12(11)8-16(19)18-9-13-6-7-15(17)14(13)10-18/h2-5,13-15H,6-10,17H2,1H3. The van der Waals surface area contributed by atoms with Gasteiger partial charge >= 0.3 is 0 Å². The Morgan fingerprint density at radius 3 is 2.84 bits per heavy atom. The Balaban J connectivity index is 1.65. The van der Waals surface area contributed by atoms with Crippen LogP contribution in [-0.4, -0.2) is 29.9 Å². The Labute approximate surface area is 114 Å². The van der Waals surface area contributed by atoms with Crippen LogP contribution in [0.3, 0.4) is 0 Å². The predicted octanol–water partition coefficient (Wildman–Crippen LogP) is 1.73. The van der Waals surface area contributed by atoms with Crippen molar-refractivity contribution >= 4 is 5.91 Å². The quantitative estimate of drug-likeness (QED) is 0.878. The summed E-state index contributed by atoms with van der Waals surface area (Å²) in [4.78, 5) is 14.4. The molecule has 2 fully saturated rings. The number of nitrogens with two attached hydrogens (primary N) is 1. The number of rotatable bonds is 2. The molecule has 1 aromatic rings. The lowest BCUT2D eigenvalue weighted by molar-refractivity contribution is -0.129. The molecular weight excluding hydrogens is 236 g/mol. The number of carbonyl (C=O) groups is 1. The highest BCUT2D eigenvalue weighted by Crippen LogP contribution is 2.37. The van der Waals surface area contributed by atoms with Crippen LogP contribution >= 0.6 is 0 Å². The van der Waals surface area contributed by atoms with Crippen molar-refractivity contribution < 1.29 is 4.79 Å². The fraction of sp³-hybridized carbons (Fsp3) is 0.562. The van der Waals surface area contributed by atoms with E-state index < -0.39 is 0 Å². The molecule has 102 valence electrons. The Bertz CT molecular complexity index is 485. The van der Waals surface area contributed by atoms with Crippen molar-refractivity contribution in [3.05, 3.63) is 35.4 Å². The number of nitrogens with zero attached hydrogens (tertiary/aromatic N) is 1. The van der Waals surface area contributed by atoms with Crippen LogP contribution in [-0.2, 0) is 11.2 Å². The van der Waals surface area contributed by atoms with Gasteiger partial charge in [-0.1, -0.05) is 24.3 Å². The molecule has 0 aromatic heterocycles. The fourth-order valence-corrected chi connectivity index (χ4v) is 3.59. The fourth-order valence-electron chi connectivity index (χ4n) is 3.59. The minimum absolute atomic E-state index is 0.260. The lowest BCUT2D eigenvalue weighted by Gasteiger charge is -2.19. The van der Waals surface area contributed by atoms with Crippen molar-refractivity contribution in [2.45, 2.75) is 32.2 Å². The number of benzene rings is 1. The SMILES string of the molecule is Cc1ccccc1CC(=O)N1CC2CCC(N)C2C1. The van der Waals surface area contributed by atoms with Gasteiger partial charge in [0.25, 0.3) is 0 Å². The van der Waals surface area contributed by atoms with Crippen LogP contribution in [0.15, 0.2) is 24.3 Å². The van der Waals surface area contributed by atoms with Gasteiger partial charge in [0.15, 0.2) is 0 Å². The molecule has 19 heavy (non-hydrogen) atoms. The van der Waals surface area contributed by atoms with E-state index in [1.807, 2.05) is 17.0 Å². The summed E-state index contributed by atoms with van der Waals surface area (Å²) in [6.45, 7) is 3.86. The summed E-state index contributed by atoms with van der Waals surface area (Å²) in [5, 5.41) is 0. The van der Waals surface area contributed by atoms with Gasteiger partial charge in [-0.05, 0) is 42.7 Å². The summed E-state index contributed by atoms with van der Waals surface area (Å²) < 4.78 is 0. The lowest BCUT2D eigenvalue weighted by Crippen LogP contribution is -2.34. The van der Waals surface area contributed by atoms with E-state index in [2.05, 4.69) is 19.1 Å². The maximum atomic E-state index is 12.4. The highest BCUT2D eigenvalue weighted by molar-refractivity contribution is 5.79. The zero-order valence-corrected chi connectivity index (χ0v) is 11.5. The van der Waals surface area contributed by atoms with E-state index in [9.17, 15) is 4.79 Å². The van der Waals surface area contributed by atoms with E-state index in [1.54, 1.807) is 0 Å². The summed E-state index contributed by atoms with van der Waals surface area (Å²) in [7, 11) is 0. The van der Waals surface area contributed by atoms with Crippen molar-refractivity contribution in [3.63, 3.8) is 0 Å². The molecule has 1 saturated carbocycles. The molecule has 3 heteroatoms. The highest BCUT2D eigenvalue weighted by Gasteiger charge is 2.42. The topological polar surface area (TPSA) is 46.3 Å². The minimum atomic E-state index is 0.260. The number of aryl methyl sites for hydroxylation is 1. The molecule has 0 bridgehead atoms. The van der Waals surface area contributed by atoms with Crippen LogP contribution < -0.4 is 5.73 Å². The molecule has 1 aliphatic heterocycles. The third kappa shape index (κ3) is 2.39. The minimum Gasteiger partial charge on any atom is -0.342 e. The lowest BCUT2D eigenvalue weighted by atomic mass is 9.98. The van der Waals surface area contributed by atoms with Crippen molar-refractivity contribution in [3.8, 4) is 0 Å². The Morgan fingerprint density at radius 2 is 2.11 bits per heavy atom. The summed E-state index contributed by atoms with van der Waals surface area (Å²) in [5.74, 6) is 1.45. The van der Waals surface area contributed by atoms with E-state index in [4.69, 9.17) is 5.73 Å². The normalized spacial score (nSPS) is 29.6. The van der Waals surface area contributed by atoms with Crippen molar-refractivity contribution in [1.82, 2.24) is 4.90 Å². The van der Waals surface area contributed by atoms with Crippen molar-refractivity contribution in [2.75, 3.05) is 13.1 Å². The van der Waals surface area contributed by atoms with Crippen LogP contribution in [0.5, 0.6) is 0 Å². The Morgan fingerprint density at radius 1 is 1.32 bits per heavy atom. The molecule has 1 heterocycles. The second-order valence-corrected chi connectivity index (χ2v) is 6.07. The van der Waals surface area contributed by atoms with E-state index >= 15 is 0 Å². The second-order valence-electron chi connectivity index (χ2n) is 6.07. The number of hydrogen-bond donors (Lipinski definition) is 1. The van der Waals surface area contributed by atoms with Gasteiger partial charge in [0, 0.05) is 19.1 Å². The van der Waals surface area contributed by atoms with Crippen molar-refractivity contribution in [1.29, 1.82) is 0 Å². The maximum absolute atomic E-state index is 12.4. The molecule has 1 aromatic carbocycles. The monoisotopic (exact) mass is 258 g/mol. The Kier molecular flexibility index (Phi) is 3.31. The molecule has 1 amide bonds. The van der Waals surface area contributed by atoms with E-state index in [0.717, 1.165) is 25.1 Å². The van der Waals surface area contributed by atoms with Gasteiger partial charge < -0.3 is 10.6 Å². The molecule has 1 aliphatic carbocycles. The van der Waals surface area contributed by atoms with Gasteiger partial charge in [-0.3, -0.25) is 4.79 Å². The summed E-state index contributed by atoms with van der Waals surface area (Å²) >= 11 is 0. The zero-order chi connectivity index (χ0) is 13.4. The molecule has 2 N–H and O–H groups in total. The molecule has 3 nitrogen and oxygen atoms in total. The average molecular weight is 258 g/mol. The van der Waals surface area contributed by atoms with Gasteiger partial charge in [0.2, 0.25) is 5.91 Å². The number of amides is 1. The Hall–Kier alpha value is -1.35. The summed E-state index contributed by atoms with van der Waals surface area (Å²) in [5.41, 5.74) is 8.47. The number of carbonyl (C=O) groups excluding carboxylic acids is 1. The first-order valence-corrected chi connectivity index (χ1v) is 7.23. The maximum Gasteiger partial charge on any atom is 0.227 e. The predicted molar refractivity (Wildman–Crippen MR) is 75.7 cm³/mol. The third-order valence-electron chi connectivity index (χ3n) is 4.87. The molecule has 2 aliphatic rings. The highest BCUT2D eigenvalue weighted by atomic mass is 16.2. The number of hydrogen-bond acceptors (Lipinski definition) is 2. The summed E-state index contributed by atoms with van der Waals surface area (Å²) in [6, 6.07) is 8.45. The van der Waals surface area contributed by atoms with Gasteiger partial charge in [-0.2, -0.15) is 0 Å². The first-order valence-electron chi connectivity index (χ1n) is 7.23. The van der Waals surface area contributed by atoms with Gasteiger partial charge in [-0.25, -0.2) is 0 Å². The third-order valence-corrected chi connectivity index (χ3v) is 4.87. The molecule has 1 saturated heterocycles. The van der Waals surface area contributed by atoms with Crippen LogP contribution in [0, 0.1) is 18.8 Å². The average Bonchev–Trinajstić information content (AvgIpc) is 2.95. The van der Waals surface area contributed by atoms with Crippen LogP contribution in [0.2, 0.25) is 0 Å². The molecule has 0 radical (unpaired) electrons.